The number of para-hydroxylation sites is 1. The molecule has 0 aliphatic carbocycles. The maximum atomic E-state index is 13.0. The number of aromatic nitrogens is 1. The van der Waals surface area contributed by atoms with Gasteiger partial charge in [-0.3, -0.25) is 4.79 Å². The Labute approximate surface area is 172 Å². The van der Waals surface area contributed by atoms with E-state index in [-0.39, 0.29) is 5.91 Å². The molecule has 1 amide bonds. The second-order valence-corrected chi connectivity index (χ2v) is 7.21. The number of carbonyl (C=O) groups is 1. The number of hydrogen-bond donors (Lipinski definition) is 1. The van der Waals surface area contributed by atoms with E-state index < -0.39 is 0 Å². The maximum Gasteiger partial charge on any atom is 0.252 e. The number of amides is 1. The van der Waals surface area contributed by atoms with Crippen LogP contribution in [0.25, 0.3) is 22.2 Å². The highest BCUT2D eigenvalue weighted by atomic mass is 35.5. The highest BCUT2D eigenvalue weighted by Gasteiger charge is 2.15. The monoisotopic (exact) mass is 406 g/mol. The molecule has 4 rings (SSSR count). The van der Waals surface area contributed by atoms with E-state index in [9.17, 15) is 4.79 Å². The van der Waals surface area contributed by atoms with Crippen LogP contribution in [0, 0.1) is 0 Å². The minimum atomic E-state index is -0.159. The van der Waals surface area contributed by atoms with Crippen molar-refractivity contribution in [1.82, 2.24) is 10.3 Å². The molecule has 1 N–H and O–H groups in total. The first kappa shape index (κ1) is 18.5. The predicted octanol–water partition coefficient (Wildman–Crippen LogP) is 6.14. The molecule has 0 radical (unpaired) electrons. The van der Waals surface area contributed by atoms with Crippen LogP contribution < -0.4 is 5.32 Å². The van der Waals surface area contributed by atoms with Gasteiger partial charge >= 0.3 is 0 Å². The molecule has 1 heterocycles. The van der Waals surface area contributed by atoms with Crippen LogP contribution in [0.2, 0.25) is 10.0 Å². The van der Waals surface area contributed by atoms with Crippen LogP contribution in [0.5, 0.6) is 0 Å². The van der Waals surface area contributed by atoms with Gasteiger partial charge in [-0.1, -0.05) is 71.7 Å². The van der Waals surface area contributed by atoms with E-state index in [0.29, 0.717) is 27.8 Å². The summed E-state index contributed by atoms with van der Waals surface area (Å²) in [5.41, 5.74) is 3.69. The fraction of sp³-hybridized carbons (Fsp3) is 0.0435. The van der Waals surface area contributed by atoms with Crippen molar-refractivity contribution >= 4 is 40.0 Å². The van der Waals surface area contributed by atoms with E-state index in [1.165, 1.54) is 0 Å². The van der Waals surface area contributed by atoms with Crippen molar-refractivity contribution in [1.29, 1.82) is 0 Å². The molecule has 1 aromatic heterocycles. The van der Waals surface area contributed by atoms with E-state index in [2.05, 4.69) is 10.3 Å². The number of carbonyl (C=O) groups excluding carboxylic acids is 1. The third-order valence-electron chi connectivity index (χ3n) is 4.46. The summed E-state index contributed by atoms with van der Waals surface area (Å²) in [6, 6.07) is 24.4. The highest BCUT2D eigenvalue weighted by molar-refractivity contribution is 6.36. The fourth-order valence-electron chi connectivity index (χ4n) is 3.07. The number of hydrogen-bond acceptors (Lipinski definition) is 2. The number of halogens is 2. The predicted molar refractivity (Wildman–Crippen MR) is 115 cm³/mol. The Morgan fingerprint density at radius 3 is 2.43 bits per heavy atom. The first-order valence-electron chi connectivity index (χ1n) is 8.79. The van der Waals surface area contributed by atoms with Crippen molar-refractivity contribution < 1.29 is 4.79 Å². The zero-order chi connectivity index (χ0) is 19.5. The Bertz CT molecular complexity index is 1160. The third-order valence-corrected chi connectivity index (χ3v) is 5.01. The van der Waals surface area contributed by atoms with E-state index in [1.807, 2.05) is 60.7 Å². The second kappa shape index (κ2) is 8.01. The van der Waals surface area contributed by atoms with Crippen LogP contribution in [0.1, 0.15) is 15.9 Å². The van der Waals surface area contributed by atoms with Gasteiger partial charge in [0.1, 0.15) is 0 Å². The summed E-state index contributed by atoms with van der Waals surface area (Å²) in [4.78, 5) is 17.7. The summed E-state index contributed by atoms with van der Waals surface area (Å²) in [5.74, 6) is -0.159. The van der Waals surface area contributed by atoms with Crippen molar-refractivity contribution in [3.05, 3.63) is 100 Å². The molecular formula is C23H16Cl2N2O. The van der Waals surface area contributed by atoms with Crippen molar-refractivity contribution in [2.45, 2.75) is 6.54 Å². The number of nitrogens with one attached hydrogen (secondary N) is 1. The molecule has 0 atom stereocenters. The zero-order valence-corrected chi connectivity index (χ0v) is 16.3. The van der Waals surface area contributed by atoms with Crippen molar-refractivity contribution in [2.75, 3.05) is 0 Å². The van der Waals surface area contributed by atoms with Crippen LogP contribution in [0.4, 0.5) is 0 Å². The normalized spacial score (nSPS) is 10.8. The van der Waals surface area contributed by atoms with Crippen LogP contribution >= 0.6 is 23.2 Å². The van der Waals surface area contributed by atoms with Crippen LogP contribution in [-0.4, -0.2) is 10.9 Å². The molecule has 5 heteroatoms. The molecule has 3 aromatic carbocycles. The summed E-state index contributed by atoms with van der Waals surface area (Å²) in [5, 5.41) is 4.83. The van der Waals surface area contributed by atoms with Gasteiger partial charge in [0.15, 0.2) is 0 Å². The van der Waals surface area contributed by atoms with Crippen LogP contribution in [0.3, 0.4) is 0 Å². The summed E-state index contributed by atoms with van der Waals surface area (Å²) in [7, 11) is 0. The van der Waals surface area contributed by atoms with Crippen molar-refractivity contribution in [3.8, 4) is 11.3 Å². The molecule has 0 saturated heterocycles. The lowest BCUT2D eigenvalue weighted by molar-refractivity contribution is 0.0952. The largest absolute Gasteiger partial charge is 0.348 e. The number of nitrogens with zero attached hydrogens (tertiary/aromatic N) is 1. The summed E-state index contributed by atoms with van der Waals surface area (Å²) >= 11 is 12.4. The van der Waals surface area contributed by atoms with Gasteiger partial charge < -0.3 is 5.32 Å². The molecule has 0 aliphatic heterocycles. The smallest absolute Gasteiger partial charge is 0.252 e. The molecular weight excluding hydrogens is 391 g/mol. The lowest BCUT2D eigenvalue weighted by Gasteiger charge is -2.12. The van der Waals surface area contributed by atoms with Gasteiger partial charge in [-0.2, -0.15) is 0 Å². The number of benzene rings is 3. The summed E-state index contributed by atoms with van der Waals surface area (Å²) in [6.07, 6.45) is 0. The maximum absolute atomic E-state index is 13.0. The lowest BCUT2D eigenvalue weighted by Crippen LogP contribution is -2.23. The van der Waals surface area contributed by atoms with E-state index in [1.54, 1.807) is 18.2 Å². The molecule has 28 heavy (non-hydrogen) atoms. The second-order valence-electron chi connectivity index (χ2n) is 6.36. The van der Waals surface area contributed by atoms with Gasteiger partial charge in [0, 0.05) is 22.5 Å². The molecule has 3 nitrogen and oxygen atoms in total. The Kier molecular flexibility index (Phi) is 5.29. The topological polar surface area (TPSA) is 42.0 Å². The molecule has 0 spiro atoms. The van der Waals surface area contributed by atoms with E-state index in [4.69, 9.17) is 23.2 Å². The van der Waals surface area contributed by atoms with Crippen molar-refractivity contribution in [2.24, 2.45) is 0 Å². The van der Waals surface area contributed by atoms with Crippen LogP contribution in [0.15, 0.2) is 78.9 Å². The first-order chi connectivity index (χ1) is 13.6. The summed E-state index contributed by atoms with van der Waals surface area (Å²) < 4.78 is 0. The minimum Gasteiger partial charge on any atom is -0.348 e. The number of fused-ring (bicyclic) bond motifs is 1. The standard InChI is InChI=1S/C23H16Cl2N2O/c24-16-10-11-18(20(25)12-16)22-13-19(17-8-4-5-9-21(17)27-22)23(28)26-14-15-6-2-1-3-7-15/h1-13H,14H2,(H,26,28). The molecule has 138 valence electrons. The van der Waals surface area contributed by atoms with Gasteiger partial charge in [-0.15, -0.1) is 0 Å². The molecule has 0 fully saturated rings. The molecule has 4 aromatic rings. The van der Waals surface area contributed by atoms with Gasteiger partial charge in [0.05, 0.1) is 21.8 Å². The number of rotatable bonds is 4. The van der Waals surface area contributed by atoms with Gasteiger partial charge in [-0.05, 0) is 35.9 Å². The lowest BCUT2D eigenvalue weighted by atomic mass is 10.0. The zero-order valence-electron chi connectivity index (χ0n) is 14.8. The Morgan fingerprint density at radius 1 is 0.893 bits per heavy atom. The Balaban J connectivity index is 1.75. The molecule has 0 saturated carbocycles. The van der Waals surface area contributed by atoms with Gasteiger partial charge in [0.2, 0.25) is 0 Å². The quantitative estimate of drug-likeness (QED) is 0.442. The average molecular weight is 407 g/mol. The third kappa shape index (κ3) is 3.86. The first-order valence-corrected chi connectivity index (χ1v) is 9.55. The Hall–Kier alpha value is -2.88. The van der Waals surface area contributed by atoms with Gasteiger partial charge in [0.25, 0.3) is 5.91 Å². The molecule has 0 unspecified atom stereocenters. The summed E-state index contributed by atoms with van der Waals surface area (Å²) in [6.45, 7) is 0.452. The van der Waals surface area contributed by atoms with Crippen molar-refractivity contribution in [3.63, 3.8) is 0 Å². The fourth-order valence-corrected chi connectivity index (χ4v) is 3.58. The molecule has 0 bridgehead atoms. The van der Waals surface area contributed by atoms with Crippen LogP contribution in [-0.2, 0) is 6.54 Å². The van der Waals surface area contributed by atoms with E-state index >= 15 is 0 Å². The molecule has 0 aliphatic rings. The average Bonchev–Trinajstić information content (AvgIpc) is 2.72. The minimum absolute atomic E-state index is 0.159. The van der Waals surface area contributed by atoms with Gasteiger partial charge in [-0.25, -0.2) is 4.98 Å². The highest BCUT2D eigenvalue weighted by Crippen LogP contribution is 2.31. The Morgan fingerprint density at radius 2 is 1.64 bits per heavy atom. The van der Waals surface area contributed by atoms with E-state index in [0.717, 1.165) is 22.0 Å². The SMILES string of the molecule is O=C(NCc1ccccc1)c1cc(-c2ccc(Cl)cc2Cl)nc2ccccc12. The number of pyridine rings is 1.